The molecule has 0 bridgehead atoms. The van der Waals surface area contributed by atoms with Gasteiger partial charge in [0.2, 0.25) is 5.91 Å². The number of fused-ring (bicyclic) bond motifs is 1. The quantitative estimate of drug-likeness (QED) is 0.425. The molecule has 9 nitrogen and oxygen atoms in total. The maximum absolute atomic E-state index is 12.6. The van der Waals surface area contributed by atoms with E-state index in [-0.39, 0.29) is 36.9 Å². The van der Waals surface area contributed by atoms with Crippen LogP contribution < -0.4 is 20.3 Å². The molecule has 1 aromatic heterocycles. The number of amides is 2. The van der Waals surface area contributed by atoms with Crippen LogP contribution in [0.3, 0.4) is 0 Å². The number of hydrogen-bond donors (Lipinski definition) is 2. The second-order valence-electron chi connectivity index (χ2n) is 8.21. The molecule has 2 atom stereocenters. The van der Waals surface area contributed by atoms with Crippen molar-refractivity contribution in [1.82, 2.24) is 10.3 Å². The van der Waals surface area contributed by atoms with Crippen LogP contribution in [-0.2, 0) is 20.9 Å². The van der Waals surface area contributed by atoms with Gasteiger partial charge in [-0.15, -0.1) is 0 Å². The molecule has 0 radical (unpaired) electrons. The van der Waals surface area contributed by atoms with Crippen LogP contribution in [-0.4, -0.2) is 42.7 Å². The Morgan fingerprint density at radius 1 is 1.18 bits per heavy atom. The Bertz CT molecular complexity index is 1020. The molecule has 0 saturated carbocycles. The van der Waals surface area contributed by atoms with Crippen LogP contribution in [0.5, 0.6) is 5.75 Å². The number of pyridine rings is 1. The van der Waals surface area contributed by atoms with Gasteiger partial charge in [0.15, 0.2) is 0 Å². The molecule has 0 aliphatic carbocycles. The molecule has 2 amide bonds. The first-order chi connectivity index (χ1) is 16.3. The number of anilines is 2. The van der Waals surface area contributed by atoms with Crippen LogP contribution in [0, 0.1) is 5.92 Å². The van der Waals surface area contributed by atoms with Crippen molar-refractivity contribution in [3.63, 3.8) is 0 Å². The minimum Gasteiger partial charge on any atom is -0.450 e. The van der Waals surface area contributed by atoms with Gasteiger partial charge in [-0.3, -0.25) is 14.6 Å². The Kier molecular flexibility index (Phi) is 8.45. The lowest BCUT2D eigenvalue weighted by atomic mass is 9.83. The highest BCUT2D eigenvalue weighted by Gasteiger charge is 2.35. The zero-order valence-corrected chi connectivity index (χ0v) is 20.1. The number of carbonyl (C=O) groups is 3. The summed E-state index contributed by atoms with van der Waals surface area (Å²) in [6.07, 6.45) is 1.30. The zero-order valence-electron chi connectivity index (χ0n) is 20.1. The monoisotopic (exact) mass is 468 g/mol. The number of nitrogens with zero attached hydrogens (tertiary/aromatic N) is 2. The summed E-state index contributed by atoms with van der Waals surface area (Å²) in [5.41, 5.74) is 3.22. The summed E-state index contributed by atoms with van der Waals surface area (Å²) < 4.78 is 10.9. The molecule has 2 heterocycles. The number of hydrogen-bond acceptors (Lipinski definition) is 7. The van der Waals surface area contributed by atoms with E-state index in [2.05, 4.69) is 40.4 Å². The molecule has 1 aliphatic heterocycles. The lowest BCUT2D eigenvalue weighted by Crippen LogP contribution is -2.33. The van der Waals surface area contributed by atoms with Gasteiger partial charge in [0.1, 0.15) is 5.75 Å². The smallest absolute Gasteiger partial charge is 0.407 e. The Morgan fingerprint density at radius 2 is 1.94 bits per heavy atom. The predicted molar refractivity (Wildman–Crippen MR) is 129 cm³/mol. The van der Waals surface area contributed by atoms with Crippen LogP contribution in [0.25, 0.3) is 0 Å². The predicted octanol–water partition coefficient (Wildman–Crippen LogP) is 3.84. The third kappa shape index (κ3) is 6.24. The fourth-order valence-corrected chi connectivity index (χ4v) is 4.04. The molecule has 0 saturated heterocycles. The highest BCUT2D eigenvalue weighted by atomic mass is 16.6. The molecule has 9 heteroatoms. The summed E-state index contributed by atoms with van der Waals surface area (Å²) in [5, 5.41) is 5.26. The largest absolute Gasteiger partial charge is 0.450 e. The van der Waals surface area contributed by atoms with E-state index in [4.69, 9.17) is 9.47 Å². The maximum atomic E-state index is 12.6. The number of alkyl carbamates (subject to hydrolysis) is 1. The fraction of sp³-hybridized carbons (Fsp3) is 0.440. The molecule has 2 aromatic rings. The van der Waals surface area contributed by atoms with Gasteiger partial charge in [0, 0.05) is 31.8 Å². The molecule has 182 valence electrons. The van der Waals surface area contributed by atoms with E-state index in [0.29, 0.717) is 23.6 Å². The third-order valence-corrected chi connectivity index (χ3v) is 5.95. The number of benzene rings is 1. The Balaban J connectivity index is 1.48. The lowest BCUT2D eigenvalue weighted by molar-refractivity contribution is -0.141. The van der Waals surface area contributed by atoms with E-state index in [0.717, 1.165) is 24.3 Å². The Morgan fingerprint density at radius 3 is 2.59 bits per heavy atom. The van der Waals surface area contributed by atoms with Crippen LogP contribution in [0.2, 0.25) is 0 Å². The molecule has 2 unspecified atom stereocenters. The van der Waals surface area contributed by atoms with E-state index < -0.39 is 6.09 Å². The standard InChI is InChI=1S/C25H32N4O5/c1-5-29(6-2)20-9-10-21-16(3)22(24(31)34-23(21)13-20)11-12-33-25(32)27-14-18-7-8-19(15-26-18)28-17(4)30/h7-10,13,15-16,22H,5-6,11-12,14H2,1-4H3,(H,27,32)(H,28,30). The molecule has 34 heavy (non-hydrogen) atoms. The van der Waals surface area contributed by atoms with Crippen molar-refractivity contribution in [3.05, 3.63) is 47.8 Å². The second kappa shape index (κ2) is 11.5. The van der Waals surface area contributed by atoms with Crippen LogP contribution in [0.4, 0.5) is 16.2 Å². The van der Waals surface area contributed by atoms with Crippen molar-refractivity contribution in [2.24, 2.45) is 5.92 Å². The SMILES string of the molecule is CCN(CC)c1ccc2c(c1)OC(=O)C(CCOC(=O)NCc1ccc(NC(C)=O)cn1)C2C. The first-order valence-corrected chi connectivity index (χ1v) is 11.6. The van der Waals surface area contributed by atoms with Crippen LogP contribution in [0.1, 0.15) is 51.3 Å². The molecular formula is C25H32N4O5. The molecule has 0 fully saturated rings. The number of carbonyl (C=O) groups excluding carboxylic acids is 3. The first kappa shape index (κ1) is 25.0. The van der Waals surface area contributed by atoms with Gasteiger partial charge in [0.25, 0.3) is 0 Å². The summed E-state index contributed by atoms with van der Waals surface area (Å²) in [7, 11) is 0. The van der Waals surface area contributed by atoms with Gasteiger partial charge in [-0.05, 0) is 49.9 Å². The topological polar surface area (TPSA) is 110 Å². The van der Waals surface area contributed by atoms with E-state index in [1.807, 2.05) is 19.1 Å². The fourth-order valence-electron chi connectivity index (χ4n) is 4.04. The Hall–Kier alpha value is -3.62. The van der Waals surface area contributed by atoms with E-state index >= 15 is 0 Å². The van der Waals surface area contributed by atoms with Gasteiger partial charge in [-0.25, -0.2) is 4.79 Å². The van der Waals surface area contributed by atoms with Crippen molar-refractivity contribution in [2.75, 3.05) is 29.9 Å². The Labute approximate surface area is 199 Å². The average molecular weight is 469 g/mol. The maximum Gasteiger partial charge on any atom is 0.407 e. The van der Waals surface area contributed by atoms with Crippen LogP contribution in [0.15, 0.2) is 36.5 Å². The molecular weight excluding hydrogens is 436 g/mol. The van der Waals surface area contributed by atoms with Crippen molar-refractivity contribution < 1.29 is 23.9 Å². The molecule has 1 aliphatic rings. The summed E-state index contributed by atoms with van der Waals surface area (Å²) in [4.78, 5) is 42.1. The number of ether oxygens (including phenoxy) is 2. The van der Waals surface area contributed by atoms with Gasteiger partial charge in [-0.2, -0.15) is 0 Å². The van der Waals surface area contributed by atoms with Gasteiger partial charge in [0.05, 0.1) is 36.6 Å². The zero-order chi connectivity index (χ0) is 24.7. The summed E-state index contributed by atoms with van der Waals surface area (Å²) >= 11 is 0. The summed E-state index contributed by atoms with van der Waals surface area (Å²) in [6.45, 7) is 9.62. The van der Waals surface area contributed by atoms with Crippen molar-refractivity contribution in [1.29, 1.82) is 0 Å². The highest BCUT2D eigenvalue weighted by Crippen LogP contribution is 2.40. The molecule has 1 aromatic carbocycles. The molecule has 3 rings (SSSR count). The van der Waals surface area contributed by atoms with E-state index in [1.54, 1.807) is 12.1 Å². The van der Waals surface area contributed by atoms with E-state index in [1.165, 1.54) is 13.1 Å². The number of esters is 1. The number of aromatic nitrogens is 1. The van der Waals surface area contributed by atoms with Gasteiger partial charge < -0.3 is 25.0 Å². The van der Waals surface area contributed by atoms with Crippen molar-refractivity contribution >= 4 is 29.3 Å². The molecule has 0 spiro atoms. The molecule has 2 N–H and O–H groups in total. The number of rotatable bonds is 9. The van der Waals surface area contributed by atoms with Gasteiger partial charge >= 0.3 is 12.1 Å². The summed E-state index contributed by atoms with van der Waals surface area (Å²) in [6, 6.07) is 9.40. The third-order valence-electron chi connectivity index (χ3n) is 5.95. The minimum atomic E-state index is -0.589. The van der Waals surface area contributed by atoms with Crippen molar-refractivity contribution in [3.8, 4) is 5.75 Å². The lowest BCUT2D eigenvalue weighted by Gasteiger charge is -2.31. The van der Waals surface area contributed by atoms with E-state index in [9.17, 15) is 14.4 Å². The number of nitrogens with one attached hydrogen (secondary N) is 2. The summed E-state index contributed by atoms with van der Waals surface area (Å²) in [5.74, 6) is -0.305. The normalized spacial score (nSPS) is 16.8. The minimum absolute atomic E-state index is 0.0417. The van der Waals surface area contributed by atoms with Crippen LogP contribution >= 0.6 is 0 Å². The average Bonchev–Trinajstić information content (AvgIpc) is 2.81. The highest BCUT2D eigenvalue weighted by molar-refractivity contribution is 5.88. The van der Waals surface area contributed by atoms with Gasteiger partial charge in [-0.1, -0.05) is 13.0 Å². The van der Waals surface area contributed by atoms with Crippen molar-refractivity contribution in [2.45, 2.75) is 46.6 Å². The first-order valence-electron chi connectivity index (χ1n) is 11.6. The second-order valence-corrected chi connectivity index (χ2v) is 8.21.